The van der Waals surface area contributed by atoms with Crippen molar-refractivity contribution in [1.29, 1.82) is 0 Å². The summed E-state index contributed by atoms with van der Waals surface area (Å²) in [6, 6.07) is 5.43. The van der Waals surface area contributed by atoms with Gasteiger partial charge in [0.1, 0.15) is 5.57 Å². The molecule has 0 bridgehead atoms. The summed E-state index contributed by atoms with van der Waals surface area (Å²) < 4.78 is 5.62. The monoisotopic (exact) mass is 321 g/mol. The first-order valence-electron chi connectivity index (χ1n) is 7.63. The number of hydrogen-bond acceptors (Lipinski definition) is 4. The van der Waals surface area contributed by atoms with Gasteiger partial charge in [-0.2, -0.15) is 0 Å². The topological polar surface area (TPSA) is 49.8 Å². The van der Waals surface area contributed by atoms with E-state index in [0.29, 0.717) is 23.4 Å². The first kappa shape index (κ1) is 15.4. The number of hydrogen-bond donors (Lipinski definition) is 1. The van der Waals surface area contributed by atoms with Crippen molar-refractivity contribution in [3.63, 3.8) is 0 Å². The highest BCUT2D eigenvalue weighted by atomic mass is 35.5. The molecule has 0 atom stereocenters. The first-order chi connectivity index (χ1) is 10.5. The highest BCUT2D eigenvalue weighted by Crippen LogP contribution is 2.44. The molecule has 1 fully saturated rings. The zero-order chi connectivity index (χ0) is 15.9. The number of halogens is 1. The van der Waals surface area contributed by atoms with Crippen LogP contribution in [0.2, 0.25) is 5.02 Å². The van der Waals surface area contributed by atoms with Gasteiger partial charge in [-0.1, -0.05) is 30.7 Å². The SMILES string of the molecule is CCN1CCC2(CC1)OC(=O)C(c1c(C)cccc1Cl)=C2O. The van der Waals surface area contributed by atoms with Crippen LogP contribution in [-0.4, -0.2) is 41.2 Å². The Kier molecular flexibility index (Phi) is 3.91. The number of esters is 1. The molecule has 0 radical (unpaired) electrons. The van der Waals surface area contributed by atoms with Crippen LogP contribution in [0, 0.1) is 6.92 Å². The van der Waals surface area contributed by atoms with E-state index in [2.05, 4.69) is 11.8 Å². The van der Waals surface area contributed by atoms with Crippen LogP contribution in [0.1, 0.15) is 30.9 Å². The minimum atomic E-state index is -0.871. The highest BCUT2D eigenvalue weighted by Gasteiger charge is 2.50. The first-order valence-corrected chi connectivity index (χ1v) is 8.01. The molecule has 2 heterocycles. The maximum absolute atomic E-state index is 12.4. The fraction of sp³-hybridized carbons (Fsp3) is 0.471. The van der Waals surface area contributed by atoms with Crippen molar-refractivity contribution in [2.75, 3.05) is 19.6 Å². The summed E-state index contributed by atoms with van der Waals surface area (Å²) in [5.41, 5.74) is 0.799. The zero-order valence-electron chi connectivity index (χ0n) is 12.9. The van der Waals surface area contributed by atoms with Crippen LogP contribution in [0.15, 0.2) is 24.0 Å². The largest absolute Gasteiger partial charge is 0.507 e. The second-order valence-electron chi connectivity index (χ2n) is 5.97. The maximum atomic E-state index is 12.4. The summed E-state index contributed by atoms with van der Waals surface area (Å²) in [5.74, 6) is -0.428. The van der Waals surface area contributed by atoms with Gasteiger partial charge in [-0.3, -0.25) is 0 Å². The summed E-state index contributed by atoms with van der Waals surface area (Å²) in [7, 11) is 0. The van der Waals surface area contributed by atoms with Gasteiger partial charge in [-0.25, -0.2) is 4.79 Å². The molecule has 22 heavy (non-hydrogen) atoms. The Labute approximate surface area is 135 Å². The van der Waals surface area contributed by atoms with E-state index in [1.165, 1.54) is 0 Å². The number of aliphatic hydroxyl groups is 1. The van der Waals surface area contributed by atoms with Gasteiger partial charge in [0.15, 0.2) is 11.4 Å². The van der Waals surface area contributed by atoms with Crippen molar-refractivity contribution in [3.8, 4) is 0 Å². The van der Waals surface area contributed by atoms with E-state index in [-0.39, 0.29) is 11.3 Å². The Morgan fingerprint density at radius 2 is 2.05 bits per heavy atom. The fourth-order valence-electron chi connectivity index (χ4n) is 3.34. The van der Waals surface area contributed by atoms with Gasteiger partial charge in [0.2, 0.25) is 0 Å². The van der Waals surface area contributed by atoms with Gasteiger partial charge in [-0.15, -0.1) is 0 Å². The quantitative estimate of drug-likeness (QED) is 0.849. The molecule has 1 saturated heterocycles. The maximum Gasteiger partial charge on any atom is 0.343 e. The molecular weight excluding hydrogens is 302 g/mol. The predicted molar refractivity (Wildman–Crippen MR) is 85.9 cm³/mol. The van der Waals surface area contributed by atoms with Crippen LogP contribution in [0.4, 0.5) is 0 Å². The smallest absolute Gasteiger partial charge is 0.343 e. The number of ether oxygens (including phenoxy) is 1. The third kappa shape index (κ3) is 2.31. The Hall–Kier alpha value is -1.52. The van der Waals surface area contributed by atoms with E-state index in [1.807, 2.05) is 19.1 Å². The van der Waals surface area contributed by atoms with Gasteiger partial charge < -0.3 is 14.7 Å². The van der Waals surface area contributed by atoms with Crippen molar-refractivity contribution in [2.24, 2.45) is 0 Å². The molecule has 5 heteroatoms. The second-order valence-corrected chi connectivity index (χ2v) is 6.38. The number of carbonyl (C=O) groups excluding carboxylic acids is 1. The summed E-state index contributed by atoms with van der Waals surface area (Å²) in [6.07, 6.45) is 1.23. The summed E-state index contributed by atoms with van der Waals surface area (Å²) in [4.78, 5) is 14.7. The van der Waals surface area contributed by atoms with Gasteiger partial charge in [0.05, 0.1) is 0 Å². The van der Waals surface area contributed by atoms with E-state index in [9.17, 15) is 9.90 Å². The molecule has 0 unspecified atom stereocenters. The third-order valence-corrected chi connectivity index (χ3v) is 5.06. The molecule has 1 aromatic rings. The summed E-state index contributed by atoms with van der Waals surface area (Å²) >= 11 is 6.25. The zero-order valence-corrected chi connectivity index (χ0v) is 13.6. The lowest BCUT2D eigenvalue weighted by Crippen LogP contribution is -2.45. The van der Waals surface area contributed by atoms with Crippen molar-refractivity contribution < 1.29 is 14.6 Å². The van der Waals surface area contributed by atoms with E-state index < -0.39 is 11.6 Å². The lowest BCUT2D eigenvalue weighted by molar-refractivity contribution is -0.150. The molecule has 0 aromatic heterocycles. The van der Waals surface area contributed by atoms with Crippen molar-refractivity contribution in [2.45, 2.75) is 32.3 Å². The van der Waals surface area contributed by atoms with Gasteiger partial charge >= 0.3 is 5.97 Å². The molecule has 4 nitrogen and oxygen atoms in total. The van der Waals surface area contributed by atoms with E-state index in [0.717, 1.165) is 25.2 Å². The minimum absolute atomic E-state index is 0.0458. The summed E-state index contributed by atoms with van der Waals surface area (Å²) in [6.45, 7) is 6.56. The van der Waals surface area contributed by atoms with Gasteiger partial charge in [0, 0.05) is 36.5 Å². The molecule has 0 saturated carbocycles. The van der Waals surface area contributed by atoms with Crippen LogP contribution in [0.5, 0.6) is 0 Å². The Morgan fingerprint density at radius 1 is 1.36 bits per heavy atom. The molecule has 0 aliphatic carbocycles. The number of nitrogens with zero attached hydrogens (tertiary/aromatic N) is 1. The fourth-order valence-corrected chi connectivity index (χ4v) is 3.66. The Bertz CT molecular complexity index is 625. The molecule has 2 aliphatic heterocycles. The Morgan fingerprint density at radius 3 is 2.64 bits per heavy atom. The molecule has 0 amide bonds. The summed E-state index contributed by atoms with van der Waals surface area (Å²) in [5, 5.41) is 11.2. The molecule has 1 spiro atoms. The molecule has 2 aliphatic rings. The number of piperidine rings is 1. The molecular formula is C17H20ClNO3. The number of likely N-dealkylation sites (tertiary alicyclic amines) is 1. The molecule has 1 N–H and O–H groups in total. The number of rotatable bonds is 2. The Balaban J connectivity index is 2.03. The average Bonchev–Trinajstić information content (AvgIpc) is 2.72. The normalized spacial score (nSPS) is 21.5. The average molecular weight is 322 g/mol. The van der Waals surface area contributed by atoms with Crippen LogP contribution < -0.4 is 0 Å². The minimum Gasteiger partial charge on any atom is -0.507 e. The standard InChI is InChI=1S/C17H20ClNO3/c1-3-19-9-7-17(8-10-19)15(20)14(16(21)22-17)13-11(2)5-4-6-12(13)18/h4-6,20H,3,7-10H2,1-2H3. The third-order valence-electron chi connectivity index (χ3n) is 4.74. The number of aliphatic hydroxyl groups excluding tert-OH is 1. The van der Waals surface area contributed by atoms with Crippen LogP contribution in [-0.2, 0) is 9.53 Å². The van der Waals surface area contributed by atoms with Crippen molar-refractivity contribution in [1.82, 2.24) is 4.90 Å². The molecule has 118 valence electrons. The number of benzene rings is 1. The lowest BCUT2D eigenvalue weighted by atomic mass is 9.87. The molecule has 3 rings (SSSR count). The van der Waals surface area contributed by atoms with Crippen molar-refractivity contribution in [3.05, 3.63) is 40.1 Å². The van der Waals surface area contributed by atoms with Gasteiger partial charge in [-0.05, 0) is 25.1 Å². The number of carbonyl (C=O) groups is 1. The predicted octanol–water partition coefficient (Wildman–Crippen LogP) is 3.33. The van der Waals surface area contributed by atoms with E-state index in [4.69, 9.17) is 16.3 Å². The lowest BCUT2D eigenvalue weighted by Gasteiger charge is -2.37. The number of aryl methyl sites for hydroxylation is 1. The highest BCUT2D eigenvalue weighted by molar-refractivity contribution is 6.35. The molecule has 1 aromatic carbocycles. The van der Waals surface area contributed by atoms with Crippen LogP contribution in [0.25, 0.3) is 5.57 Å². The van der Waals surface area contributed by atoms with Gasteiger partial charge in [0.25, 0.3) is 0 Å². The van der Waals surface area contributed by atoms with Crippen molar-refractivity contribution >= 4 is 23.1 Å². The van der Waals surface area contributed by atoms with E-state index >= 15 is 0 Å². The second kappa shape index (κ2) is 5.60. The van der Waals surface area contributed by atoms with E-state index in [1.54, 1.807) is 6.07 Å². The van der Waals surface area contributed by atoms with Crippen LogP contribution >= 0.6 is 11.6 Å². The van der Waals surface area contributed by atoms with Crippen LogP contribution in [0.3, 0.4) is 0 Å².